The number of benzene rings is 1. The zero-order chi connectivity index (χ0) is 18.5. The number of piperazine rings is 1. The lowest BCUT2D eigenvalue weighted by atomic mass is 10.2. The van der Waals surface area contributed by atoms with Gasteiger partial charge in [0.25, 0.3) is 0 Å². The molecule has 1 N–H and O–H groups in total. The third-order valence-electron chi connectivity index (χ3n) is 4.74. The maximum Gasteiger partial charge on any atom is 0.243 e. The van der Waals surface area contributed by atoms with Crippen molar-refractivity contribution in [2.24, 2.45) is 4.99 Å². The van der Waals surface area contributed by atoms with Crippen LogP contribution in [0.15, 0.2) is 29.3 Å². The van der Waals surface area contributed by atoms with Crippen molar-refractivity contribution in [1.82, 2.24) is 20.0 Å². The molecule has 0 unspecified atom stereocenters. The molecule has 1 amide bonds. The Morgan fingerprint density at radius 2 is 2.00 bits per heavy atom. The molecule has 0 aromatic heterocycles. The van der Waals surface area contributed by atoms with E-state index in [0.29, 0.717) is 6.04 Å². The molecule has 2 aliphatic rings. The Morgan fingerprint density at radius 3 is 2.62 bits per heavy atom. The van der Waals surface area contributed by atoms with Crippen LogP contribution in [-0.2, 0) is 11.3 Å². The van der Waals surface area contributed by atoms with E-state index < -0.39 is 0 Å². The first-order chi connectivity index (χ1) is 12.5. The topological polar surface area (TPSA) is 51.2 Å². The zero-order valence-corrected chi connectivity index (χ0v) is 16.4. The van der Waals surface area contributed by atoms with Crippen LogP contribution in [0.1, 0.15) is 18.4 Å². The smallest absolute Gasteiger partial charge is 0.243 e. The lowest BCUT2D eigenvalue weighted by Gasteiger charge is -2.36. The van der Waals surface area contributed by atoms with Crippen molar-refractivity contribution in [3.8, 4) is 0 Å². The monoisotopic (exact) mass is 377 g/mol. The minimum absolute atomic E-state index is 0.0275. The molecule has 1 saturated carbocycles. The molecule has 1 aromatic carbocycles. The number of hydrogen-bond donors (Lipinski definition) is 1. The summed E-state index contributed by atoms with van der Waals surface area (Å²) in [7, 11) is 3.53. The van der Waals surface area contributed by atoms with Gasteiger partial charge in [-0.15, -0.1) is 0 Å². The SMILES string of the molecule is CN(C)C(=O)CN=C(NC1CC1)N1CCN(Cc2cccc(Cl)c2)CC1. The minimum Gasteiger partial charge on any atom is -0.353 e. The average Bonchev–Trinajstić information content (AvgIpc) is 3.43. The van der Waals surface area contributed by atoms with E-state index in [1.54, 1.807) is 19.0 Å². The molecule has 142 valence electrons. The second kappa shape index (κ2) is 8.73. The van der Waals surface area contributed by atoms with Gasteiger partial charge in [-0.25, -0.2) is 4.99 Å². The molecule has 1 aliphatic carbocycles. The van der Waals surface area contributed by atoms with E-state index in [9.17, 15) is 4.79 Å². The number of aliphatic imine (C=N–C) groups is 1. The number of nitrogens with one attached hydrogen (secondary N) is 1. The largest absolute Gasteiger partial charge is 0.353 e. The lowest BCUT2D eigenvalue weighted by Crippen LogP contribution is -2.52. The van der Waals surface area contributed by atoms with Crippen LogP contribution < -0.4 is 5.32 Å². The summed E-state index contributed by atoms with van der Waals surface area (Å²) in [4.78, 5) is 22.7. The van der Waals surface area contributed by atoms with Gasteiger partial charge in [-0.2, -0.15) is 0 Å². The molecule has 26 heavy (non-hydrogen) atoms. The maximum absolute atomic E-state index is 11.9. The Morgan fingerprint density at radius 1 is 1.27 bits per heavy atom. The minimum atomic E-state index is 0.0275. The molecule has 0 bridgehead atoms. The Labute approximate surface area is 160 Å². The van der Waals surface area contributed by atoms with Crippen LogP contribution in [-0.4, -0.2) is 79.4 Å². The fourth-order valence-corrected chi connectivity index (χ4v) is 3.16. The van der Waals surface area contributed by atoms with Crippen molar-refractivity contribution in [3.05, 3.63) is 34.9 Å². The van der Waals surface area contributed by atoms with Crippen LogP contribution in [0.2, 0.25) is 5.02 Å². The molecule has 3 rings (SSSR count). The highest BCUT2D eigenvalue weighted by Crippen LogP contribution is 2.19. The standard InChI is InChI=1S/C19H28ClN5O/c1-23(2)18(26)13-21-19(22-17-6-7-17)25-10-8-24(9-11-25)14-15-4-3-5-16(20)12-15/h3-5,12,17H,6-11,13-14H2,1-2H3,(H,21,22). The summed E-state index contributed by atoms with van der Waals surface area (Å²) in [5.74, 6) is 0.907. The molecule has 0 spiro atoms. The van der Waals surface area contributed by atoms with E-state index in [1.165, 1.54) is 18.4 Å². The molecule has 0 atom stereocenters. The van der Waals surface area contributed by atoms with Crippen molar-refractivity contribution in [2.45, 2.75) is 25.4 Å². The quantitative estimate of drug-likeness (QED) is 0.626. The molecule has 1 aliphatic heterocycles. The van der Waals surface area contributed by atoms with Crippen molar-refractivity contribution < 1.29 is 4.79 Å². The molecular formula is C19H28ClN5O. The predicted octanol–water partition coefficient (Wildman–Crippen LogP) is 1.65. The van der Waals surface area contributed by atoms with Gasteiger partial charge in [0, 0.05) is 57.9 Å². The molecule has 0 radical (unpaired) electrons. The van der Waals surface area contributed by atoms with Gasteiger partial charge in [0.1, 0.15) is 6.54 Å². The number of carbonyl (C=O) groups excluding carboxylic acids is 1. The van der Waals surface area contributed by atoms with Gasteiger partial charge >= 0.3 is 0 Å². The van der Waals surface area contributed by atoms with Crippen LogP contribution in [0, 0.1) is 0 Å². The van der Waals surface area contributed by atoms with E-state index in [0.717, 1.165) is 43.7 Å². The summed E-state index contributed by atoms with van der Waals surface area (Å²) in [6.07, 6.45) is 2.38. The molecule has 1 aromatic rings. The van der Waals surface area contributed by atoms with Crippen molar-refractivity contribution >= 4 is 23.5 Å². The van der Waals surface area contributed by atoms with Gasteiger partial charge < -0.3 is 15.1 Å². The first kappa shape index (κ1) is 19.0. The summed E-state index contributed by atoms with van der Waals surface area (Å²) >= 11 is 6.08. The zero-order valence-electron chi connectivity index (χ0n) is 15.6. The van der Waals surface area contributed by atoms with E-state index in [-0.39, 0.29) is 12.5 Å². The highest BCUT2D eigenvalue weighted by Gasteiger charge is 2.27. The third-order valence-corrected chi connectivity index (χ3v) is 4.98. The normalized spacial score (nSPS) is 18.7. The fourth-order valence-electron chi connectivity index (χ4n) is 2.94. The molecule has 1 heterocycles. The fraction of sp³-hybridized carbons (Fsp3) is 0.579. The van der Waals surface area contributed by atoms with E-state index in [1.807, 2.05) is 18.2 Å². The van der Waals surface area contributed by atoms with Gasteiger partial charge in [0.15, 0.2) is 5.96 Å². The van der Waals surface area contributed by atoms with Gasteiger partial charge in [-0.3, -0.25) is 9.69 Å². The van der Waals surface area contributed by atoms with E-state index in [2.05, 4.69) is 26.2 Å². The van der Waals surface area contributed by atoms with Gasteiger partial charge in [0.2, 0.25) is 5.91 Å². The summed E-state index contributed by atoms with van der Waals surface area (Å²) in [6.45, 7) is 4.88. The van der Waals surface area contributed by atoms with Crippen molar-refractivity contribution in [2.75, 3.05) is 46.8 Å². The number of rotatable bonds is 5. The average molecular weight is 378 g/mol. The van der Waals surface area contributed by atoms with Crippen LogP contribution >= 0.6 is 11.6 Å². The first-order valence-electron chi connectivity index (χ1n) is 9.24. The number of guanidine groups is 1. The summed E-state index contributed by atoms with van der Waals surface area (Å²) in [6, 6.07) is 8.58. The number of hydrogen-bond acceptors (Lipinski definition) is 3. The van der Waals surface area contributed by atoms with Crippen LogP contribution in [0.3, 0.4) is 0 Å². The molecular weight excluding hydrogens is 350 g/mol. The van der Waals surface area contributed by atoms with E-state index >= 15 is 0 Å². The van der Waals surface area contributed by atoms with Gasteiger partial charge in [0.05, 0.1) is 0 Å². The van der Waals surface area contributed by atoms with Crippen molar-refractivity contribution in [3.63, 3.8) is 0 Å². The number of amides is 1. The summed E-state index contributed by atoms with van der Waals surface area (Å²) in [5.41, 5.74) is 1.24. The van der Waals surface area contributed by atoms with Crippen molar-refractivity contribution in [1.29, 1.82) is 0 Å². The van der Waals surface area contributed by atoms with Gasteiger partial charge in [-0.05, 0) is 30.5 Å². The number of carbonyl (C=O) groups is 1. The summed E-state index contributed by atoms with van der Waals surface area (Å²) in [5, 5.41) is 4.28. The Kier molecular flexibility index (Phi) is 6.38. The second-order valence-corrected chi connectivity index (χ2v) is 7.68. The molecule has 1 saturated heterocycles. The third kappa shape index (κ3) is 5.61. The molecule has 2 fully saturated rings. The Balaban J connectivity index is 1.54. The number of likely N-dealkylation sites (N-methyl/N-ethyl adjacent to an activating group) is 1. The predicted molar refractivity (Wildman–Crippen MR) is 105 cm³/mol. The highest BCUT2D eigenvalue weighted by atomic mass is 35.5. The highest BCUT2D eigenvalue weighted by molar-refractivity contribution is 6.30. The molecule has 6 nitrogen and oxygen atoms in total. The van der Waals surface area contributed by atoms with Crippen LogP contribution in [0.25, 0.3) is 0 Å². The first-order valence-corrected chi connectivity index (χ1v) is 9.62. The summed E-state index contributed by atoms with van der Waals surface area (Å²) < 4.78 is 0. The Bertz CT molecular complexity index is 651. The molecule has 7 heteroatoms. The maximum atomic E-state index is 11.9. The van der Waals surface area contributed by atoms with Crippen LogP contribution in [0.4, 0.5) is 0 Å². The van der Waals surface area contributed by atoms with E-state index in [4.69, 9.17) is 11.6 Å². The second-order valence-electron chi connectivity index (χ2n) is 7.24. The number of halogens is 1. The lowest BCUT2D eigenvalue weighted by molar-refractivity contribution is -0.127. The van der Waals surface area contributed by atoms with Crippen LogP contribution in [0.5, 0.6) is 0 Å². The van der Waals surface area contributed by atoms with Gasteiger partial charge in [-0.1, -0.05) is 23.7 Å². The Hall–Kier alpha value is -1.79. The number of nitrogens with zero attached hydrogens (tertiary/aromatic N) is 4.